The van der Waals surface area contributed by atoms with Gasteiger partial charge in [0.25, 0.3) is 0 Å². The van der Waals surface area contributed by atoms with Gasteiger partial charge in [-0.3, -0.25) is 9.88 Å². The van der Waals surface area contributed by atoms with Crippen LogP contribution in [0.4, 0.5) is 4.39 Å². The Balaban J connectivity index is 1.96. The van der Waals surface area contributed by atoms with Crippen LogP contribution in [0.15, 0.2) is 18.5 Å². The van der Waals surface area contributed by atoms with Crippen molar-refractivity contribution in [2.75, 3.05) is 32.8 Å². The molecule has 0 saturated carbocycles. The Morgan fingerprint density at radius 2 is 2.44 bits per heavy atom. The van der Waals surface area contributed by atoms with Gasteiger partial charge in [-0.25, -0.2) is 4.39 Å². The van der Waals surface area contributed by atoms with Gasteiger partial charge >= 0.3 is 0 Å². The van der Waals surface area contributed by atoms with Gasteiger partial charge in [-0.2, -0.15) is 0 Å². The summed E-state index contributed by atoms with van der Waals surface area (Å²) in [7, 11) is 0. The van der Waals surface area contributed by atoms with Crippen molar-refractivity contribution in [3.05, 3.63) is 29.8 Å². The number of nitrogens with one attached hydrogen (secondary N) is 1. The third kappa shape index (κ3) is 3.73. The van der Waals surface area contributed by atoms with Crippen LogP contribution < -0.4 is 5.32 Å². The SMILES string of the molecule is CCNCC1COCCN1Cc1cncc(F)c1. The van der Waals surface area contributed by atoms with Crippen molar-refractivity contribution in [2.24, 2.45) is 0 Å². The zero-order valence-electron chi connectivity index (χ0n) is 10.7. The molecule has 1 aromatic heterocycles. The molecule has 0 aliphatic carbocycles. The topological polar surface area (TPSA) is 37.4 Å². The molecule has 1 aliphatic heterocycles. The van der Waals surface area contributed by atoms with Gasteiger partial charge in [0.05, 0.1) is 19.4 Å². The Hall–Kier alpha value is -1.04. The van der Waals surface area contributed by atoms with Crippen molar-refractivity contribution in [3.63, 3.8) is 0 Å². The van der Waals surface area contributed by atoms with Crippen LogP contribution in [-0.4, -0.2) is 48.8 Å². The summed E-state index contributed by atoms with van der Waals surface area (Å²) in [4.78, 5) is 6.21. The lowest BCUT2D eigenvalue weighted by Gasteiger charge is -2.35. The van der Waals surface area contributed by atoms with Gasteiger partial charge in [0, 0.05) is 31.9 Å². The molecule has 2 rings (SSSR count). The molecule has 100 valence electrons. The minimum atomic E-state index is -0.274. The molecule has 1 aromatic rings. The standard InChI is InChI=1S/C13H20FN3O/c1-2-15-8-13-10-18-4-3-17(13)9-11-5-12(14)7-16-6-11/h5-7,13,15H,2-4,8-10H2,1H3. The summed E-state index contributed by atoms with van der Waals surface area (Å²) in [5, 5.41) is 3.33. The molecule has 0 spiro atoms. The maximum absolute atomic E-state index is 13.1. The first kappa shape index (κ1) is 13.4. The Kier molecular flexibility index (Phi) is 5.04. The highest BCUT2D eigenvalue weighted by molar-refractivity contribution is 5.10. The zero-order valence-corrected chi connectivity index (χ0v) is 10.7. The van der Waals surface area contributed by atoms with Crippen molar-refractivity contribution in [2.45, 2.75) is 19.5 Å². The number of halogens is 1. The predicted octanol–water partition coefficient (Wildman–Crippen LogP) is 1.03. The highest BCUT2D eigenvalue weighted by Gasteiger charge is 2.22. The molecule has 18 heavy (non-hydrogen) atoms. The van der Waals surface area contributed by atoms with Gasteiger partial charge in [-0.1, -0.05) is 6.92 Å². The molecular weight excluding hydrogens is 233 g/mol. The summed E-state index contributed by atoms with van der Waals surface area (Å²) in [6, 6.07) is 1.90. The summed E-state index contributed by atoms with van der Waals surface area (Å²) in [6.45, 7) is 7.02. The van der Waals surface area contributed by atoms with Crippen molar-refractivity contribution in [1.29, 1.82) is 0 Å². The van der Waals surface area contributed by atoms with E-state index in [1.807, 2.05) is 0 Å². The predicted molar refractivity (Wildman–Crippen MR) is 67.8 cm³/mol. The molecule has 1 atom stereocenters. The minimum absolute atomic E-state index is 0.274. The fourth-order valence-corrected chi connectivity index (χ4v) is 2.17. The summed E-state index contributed by atoms with van der Waals surface area (Å²) in [5.41, 5.74) is 0.915. The van der Waals surface area contributed by atoms with E-state index in [-0.39, 0.29) is 5.82 Å². The quantitative estimate of drug-likeness (QED) is 0.850. The van der Waals surface area contributed by atoms with E-state index < -0.39 is 0 Å². The largest absolute Gasteiger partial charge is 0.378 e. The zero-order chi connectivity index (χ0) is 12.8. The lowest BCUT2D eigenvalue weighted by Crippen LogP contribution is -2.49. The molecule has 0 radical (unpaired) electrons. The van der Waals surface area contributed by atoms with Gasteiger partial charge in [0.1, 0.15) is 5.82 Å². The molecule has 0 bridgehead atoms. The molecule has 1 aliphatic rings. The average Bonchev–Trinajstić information content (AvgIpc) is 2.38. The molecule has 0 amide bonds. The van der Waals surface area contributed by atoms with E-state index in [4.69, 9.17) is 4.74 Å². The maximum atomic E-state index is 13.1. The van der Waals surface area contributed by atoms with E-state index >= 15 is 0 Å². The highest BCUT2D eigenvalue weighted by Crippen LogP contribution is 2.12. The monoisotopic (exact) mass is 253 g/mol. The Bertz CT molecular complexity index is 375. The Morgan fingerprint density at radius 3 is 3.22 bits per heavy atom. The number of morpholine rings is 1. The fourth-order valence-electron chi connectivity index (χ4n) is 2.17. The molecule has 1 unspecified atom stereocenters. The Morgan fingerprint density at radius 1 is 1.56 bits per heavy atom. The van der Waals surface area contributed by atoms with Crippen LogP contribution in [0.2, 0.25) is 0 Å². The summed E-state index contributed by atoms with van der Waals surface area (Å²) in [6.07, 6.45) is 2.96. The molecule has 1 N–H and O–H groups in total. The molecular formula is C13H20FN3O. The van der Waals surface area contributed by atoms with Gasteiger partial charge in [-0.15, -0.1) is 0 Å². The first-order valence-corrected chi connectivity index (χ1v) is 6.41. The maximum Gasteiger partial charge on any atom is 0.141 e. The van der Waals surface area contributed by atoms with Gasteiger partial charge in [0.2, 0.25) is 0 Å². The number of rotatable bonds is 5. The first-order valence-electron chi connectivity index (χ1n) is 6.41. The van der Waals surface area contributed by atoms with Crippen LogP contribution in [0.1, 0.15) is 12.5 Å². The van der Waals surface area contributed by atoms with Crippen molar-refractivity contribution in [1.82, 2.24) is 15.2 Å². The van der Waals surface area contributed by atoms with Crippen LogP contribution in [0, 0.1) is 5.82 Å². The van der Waals surface area contributed by atoms with Crippen molar-refractivity contribution in [3.8, 4) is 0 Å². The first-order chi connectivity index (χ1) is 8.79. The summed E-state index contributed by atoms with van der Waals surface area (Å²) >= 11 is 0. The van der Waals surface area contributed by atoms with E-state index in [9.17, 15) is 4.39 Å². The number of pyridine rings is 1. The number of hydrogen-bond acceptors (Lipinski definition) is 4. The Labute approximate surface area is 107 Å². The molecule has 1 saturated heterocycles. The smallest absolute Gasteiger partial charge is 0.141 e. The van der Waals surface area contributed by atoms with Crippen LogP contribution in [0.5, 0.6) is 0 Å². The normalized spacial score (nSPS) is 21.1. The van der Waals surface area contributed by atoms with E-state index in [1.54, 1.807) is 12.3 Å². The van der Waals surface area contributed by atoms with Gasteiger partial charge in [0.15, 0.2) is 0 Å². The second-order valence-electron chi connectivity index (χ2n) is 4.52. The summed E-state index contributed by atoms with van der Waals surface area (Å²) < 4.78 is 18.6. The van der Waals surface area contributed by atoms with E-state index in [0.717, 1.165) is 45.0 Å². The van der Waals surface area contributed by atoms with Crippen molar-refractivity contribution >= 4 is 0 Å². The number of aromatic nitrogens is 1. The van der Waals surface area contributed by atoms with E-state index in [2.05, 4.69) is 22.1 Å². The average molecular weight is 253 g/mol. The molecule has 5 heteroatoms. The number of hydrogen-bond donors (Lipinski definition) is 1. The third-order valence-electron chi connectivity index (χ3n) is 3.13. The van der Waals surface area contributed by atoms with Crippen LogP contribution in [0.3, 0.4) is 0 Å². The minimum Gasteiger partial charge on any atom is -0.378 e. The summed E-state index contributed by atoms with van der Waals surface area (Å²) in [5.74, 6) is -0.274. The second kappa shape index (κ2) is 6.78. The van der Waals surface area contributed by atoms with Crippen LogP contribution >= 0.6 is 0 Å². The second-order valence-corrected chi connectivity index (χ2v) is 4.52. The number of ether oxygens (including phenoxy) is 1. The molecule has 1 fully saturated rings. The van der Waals surface area contributed by atoms with Crippen LogP contribution in [-0.2, 0) is 11.3 Å². The van der Waals surface area contributed by atoms with Crippen LogP contribution in [0.25, 0.3) is 0 Å². The van der Waals surface area contributed by atoms with Gasteiger partial charge < -0.3 is 10.1 Å². The van der Waals surface area contributed by atoms with Gasteiger partial charge in [-0.05, 0) is 18.2 Å². The fraction of sp³-hybridized carbons (Fsp3) is 0.615. The lowest BCUT2D eigenvalue weighted by atomic mass is 10.2. The van der Waals surface area contributed by atoms with E-state index in [1.165, 1.54) is 6.20 Å². The van der Waals surface area contributed by atoms with Crippen molar-refractivity contribution < 1.29 is 9.13 Å². The third-order valence-corrected chi connectivity index (χ3v) is 3.13. The number of nitrogens with zero attached hydrogens (tertiary/aromatic N) is 2. The lowest BCUT2D eigenvalue weighted by molar-refractivity contribution is -0.0108. The molecule has 0 aromatic carbocycles. The molecule has 2 heterocycles. The molecule has 4 nitrogen and oxygen atoms in total. The number of likely N-dealkylation sites (N-methyl/N-ethyl adjacent to an activating group) is 1. The highest BCUT2D eigenvalue weighted by atomic mass is 19.1. The van der Waals surface area contributed by atoms with E-state index in [0.29, 0.717) is 6.04 Å².